The Kier molecular flexibility index (Phi) is 3.51. The predicted octanol–water partition coefficient (Wildman–Crippen LogP) is 2.07. The first-order valence-electron chi connectivity index (χ1n) is 8.07. The quantitative estimate of drug-likeness (QED) is 0.851. The van der Waals surface area contributed by atoms with E-state index in [0.717, 1.165) is 31.8 Å². The average molecular weight is 324 g/mol. The third-order valence-electron chi connectivity index (χ3n) is 5.25. The molecule has 1 aromatic carbocycles. The Morgan fingerprint density at radius 2 is 1.68 bits per heavy atom. The molecule has 4 rings (SSSR count). The molecule has 0 radical (unpaired) electrons. The Morgan fingerprint density at radius 3 is 2.36 bits per heavy atom. The number of benzene rings is 1. The van der Waals surface area contributed by atoms with E-state index >= 15 is 0 Å². The molecule has 4 nitrogen and oxygen atoms in total. The van der Waals surface area contributed by atoms with Gasteiger partial charge >= 0.3 is 0 Å². The zero-order valence-electron chi connectivity index (χ0n) is 12.5. The molecule has 120 valence electrons. The maximum atomic E-state index is 13.0. The number of fused-ring (bicyclic) bond motifs is 1. The van der Waals surface area contributed by atoms with Crippen molar-refractivity contribution in [1.82, 2.24) is 9.21 Å². The largest absolute Gasteiger partial charge is 0.298 e. The minimum absolute atomic E-state index is 0.0915. The minimum atomic E-state index is -3.51. The Morgan fingerprint density at radius 1 is 1.00 bits per heavy atom. The first kappa shape index (κ1) is 14.6. The van der Waals surface area contributed by atoms with Crippen LogP contribution in [0.4, 0.5) is 4.39 Å². The van der Waals surface area contributed by atoms with Gasteiger partial charge in [0, 0.05) is 31.7 Å². The maximum Gasteiger partial charge on any atom is 0.243 e. The smallest absolute Gasteiger partial charge is 0.243 e. The normalized spacial score (nSPS) is 29.9. The van der Waals surface area contributed by atoms with Crippen LogP contribution in [0.3, 0.4) is 0 Å². The highest BCUT2D eigenvalue weighted by Crippen LogP contribution is 2.38. The molecule has 0 unspecified atom stereocenters. The molecule has 1 aliphatic carbocycles. The van der Waals surface area contributed by atoms with Gasteiger partial charge in [0.25, 0.3) is 0 Å². The van der Waals surface area contributed by atoms with Gasteiger partial charge in [-0.3, -0.25) is 4.90 Å². The Hall–Kier alpha value is -0.980. The van der Waals surface area contributed by atoms with E-state index in [0.29, 0.717) is 12.6 Å². The van der Waals surface area contributed by atoms with Crippen molar-refractivity contribution in [2.24, 2.45) is 5.92 Å². The van der Waals surface area contributed by atoms with Crippen molar-refractivity contribution in [3.8, 4) is 0 Å². The van der Waals surface area contributed by atoms with Gasteiger partial charge < -0.3 is 0 Å². The van der Waals surface area contributed by atoms with Gasteiger partial charge in [0.15, 0.2) is 0 Å². The molecule has 1 saturated carbocycles. The highest BCUT2D eigenvalue weighted by Gasteiger charge is 2.48. The zero-order chi connectivity index (χ0) is 15.3. The summed E-state index contributed by atoms with van der Waals surface area (Å²) >= 11 is 0. The molecule has 3 aliphatic rings. The molecular weight excluding hydrogens is 303 g/mol. The number of nitrogens with zero attached hydrogens (tertiary/aromatic N) is 2. The van der Waals surface area contributed by atoms with Crippen LogP contribution in [0.1, 0.15) is 25.7 Å². The van der Waals surface area contributed by atoms with Crippen LogP contribution >= 0.6 is 0 Å². The van der Waals surface area contributed by atoms with Crippen LogP contribution in [-0.4, -0.2) is 49.3 Å². The molecule has 2 aliphatic heterocycles. The number of hydrogen-bond donors (Lipinski definition) is 0. The summed E-state index contributed by atoms with van der Waals surface area (Å²) in [6.07, 6.45) is 4.48. The summed E-state index contributed by atoms with van der Waals surface area (Å²) < 4.78 is 40.3. The van der Waals surface area contributed by atoms with Crippen LogP contribution < -0.4 is 0 Å². The molecule has 0 aromatic heterocycles. The number of sulfonamides is 1. The molecule has 0 N–H and O–H groups in total. The standard InChI is InChI=1S/C16H21FN2O2S/c17-13-3-5-14(6-4-13)22(20,21)19-10-8-15-16(19)7-9-18(15)11-12-1-2-12/h3-6,12,15-16H,1-2,7-11H2/t15-,16+/m1/s1. The van der Waals surface area contributed by atoms with Crippen LogP contribution in [0.25, 0.3) is 0 Å². The molecule has 0 amide bonds. The van der Waals surface area contributed by atoms with Crippen molar-refractivity contribution >= 4 is 10.0 Å². The first-order chi connectivity index (χ1) is 10.6. The molecule has 0 spiro atoms. The van der Waals surface area contributed by atoms with E-state index in [1.54, 1.807) is 4.31 Å². The first-order valence-corrected chi connectivity index (χ1v) is 9.51. The fraction of sp³-hybridized carbons (Fsp3) is 0.625. The lowest BCUT2D eigenvalue weighted by atomic mass is 10.1. The number of halogens is 1. The van der Waals surface area contributed by atoms with E-state index in [1.165, 1.54) is 37.1 Å². The molecule has 0 bridgehead atoms. The fourth-order valence-corrected chi connectivity index (χ4v) is 5.63. The number of rotatable bonds is 4. The highest BCUT2D eigenvalue weighted by molar-refractivity contribution is 7.89. The Labute approximate surface area is 131 Å². The minimum Gasteiger partial charge on any atom is -0.298 e. The summed E-state index contributed by atoms with van der Waals surface area (Å²) in [6, 6.07) is 5.64. The van der Waals surface area contributed by atoms with Crippen molar-refractivity contribution < 1.29 is 12.8 Å². The van der Waals surface area contributed by atoms with Gasteiger partial charge in [-0.25, -0.2) is 12.8 Å². The second-order valence-corrected chi connectivity index (χ2v) is 8.61. The van der Waals surface area contributed by atoms with Gasteiger partial charge in [0.1, 0.15) is 5.82 Å². The summed E-state index contributed by atoms with van der Waals surface area (Å²) in [6.45, 7) is 2.71. The van der Waals surface area contributed by atoms with Crippen molar-refractivity contribution in [2.75, 3.05) is 19.6 Å². The van der Waals surface area contributed by atoms with E-state index in [4.69, 9.17) is 0 Å². The lowest BCUT2D eigenvalue weighted by Crippen LogP contribution is -2.40. The van der Waals surface area contributed by atoms with Crippen LogP contribution in [-0.2, 0) is 10.0 Å². The van der Waals surface area contributed by atoms with Crippen LogP contribution in [0.15, 0.2) is 29.2 Å². The molecule has 1 aromatic rings. The molecule has 22 heavy (non-hydrogen) atoms. The third kappa shape index (κ3) is 2.47. The van der Waals surface area contributed by atoms with Crippen LogP contribution in [0.2, 0.25) is 0 Å². The molecule has 2 saturated heterocycles. The summed E-state index contributed by atoms with van der Waals surface area (Å²) in [5.41, 5.74) is 0. The number of hydrogen-bond acceptors (Lipinski definition) is 3. The van der Waals surface area contributed by atoms with E-state index in [1.807, 2.05) is 0 Å². The number of likely N-dealkylation sites (tertiary alicyclic amines) is 1. The summed E-state index contributed by atoms with van der Waals surface area (Å²) in [4.78, 5) is 2.69. The monoisotopic (exact) mass is 324 g/mol. The van der Waals surface area contributed by atoms with Crippen molar-refractivity contribution in [1.29, 1.82) is 0 Å². The molecule has 2 atom stereocenters. The van der Waals surface area contributed by atoms with Crippen LogP contribution in [0, 0.1) is 11.7 Å². The fourth-order valence-electron chi connectivity index (χ4n) is 3.94. The Balaban J connectivity index is 1.54. The van der Waals surface area contributed by atoms with E-state index in [2.05, 4.69) is 4.90 Å². The van der Waals surface area contributed by atoms with Gasteiger partial charge in [0.2, 0.25) is 10.0 Å². The summed E-state index contributed by atoms with van der Waals surface area (Å²) in [5, 5.41) is 0. The highest BCUT2D eigenvalue weighted by atomic mass is 32.2. The zero-order valence-corrected chi connectivity index (χ0v) is 13.3. The van der Waals surface area contributed by atoms with Gasteiger partial charge in [-0.15, -0.1) is 0 Å². The van der Waals surface area contributed by atoms with Crippen molar-refractivity contribution in [2.45, 2.75) is 42.7 Å². The molecule has 6 heteroatoms. The van der Waals surface area contributed by atoms with E-state index in [9.17, 15) is 12.8 Å². The lowest BCUT2D eigenvalue weighted by Gasteiger charge is -2.25. The average Bonchev–Trinajstić information content (AvgIpc) is 3.06. The second kappa shape index (κ2) is 5.28. The van der Waals surface area contributed by atoms with Gasteiger partial charge in [-0.1, -0.05) is 0 Å². The SMILES string of the molecule is O=S(=O)(c1ccc(F)cc1)N1CC[C@@H]2[C@@H]1CCN2CC1CC1. The predicted molar refractivity (Wildman–Crippen MR) is 81.4 cm³/mol. The Bertz CT molecular complexity index is 657. The lowest BCUT2D eigenvalue weighted by molar-refractivity contribution is 0.239. The molecule has 3 fully saturated rings. The van der Waals surface area contributed by atoms with Gasteiger partial charge in [-0.05, 0) is 55.9 Å². The molecule has 2 heterocycles. The summed E-state index contributed by atoms with van der Waals surface area (Å²) in [7, 11) is -3.51. The second-order valence-electron chi connectivity index (χ2n) is 6.72. The van der Waals surface area contributed by atoms with Crippen molar-refractivity contribution in [3.63, 3.8) is 0 Å². The van der Waals surface area contributed by atoms with E-state index < -0.39 is 15.8 Å². The summed E-state index contributed by atoms with van der Waals surface area (Å²) in [5.74, 6) is 0.427. The van der Waals surface area contributed by atoms with Crippen molar-refractivity contribution in [3.05, 3.63) is 30.1 Å². The van der Waals surface area contributed by atoms with Gasteiger partial charge in [0.05, 0.1) is 4.90 Å². The topological polar surface area (TPSA) is 40.6 Å². The molecular formula is C16H21FN2O2S. The third-order valence-corrected chi connectivity index (χ3v) is 7.19. The maximum absolute atomic E-state index is 13.0. The van der Waals surface area contributed by atoms with Crippen LogP contribution in [0.5, 0.6) is 0 Å². The van der Waals surface area contributed by atoms with Gasteiger partial charge in [-0.2, -0.15) is 4.31 Å². The van der Waals surface area contributed by atoms with E-state index in [-0.39, 0.29) is 10.9 Å².